The third-order valence-electron chi connectivity index (χ3n) is 0. The Bertz CT molecular complexity index is 8.00. The molecule has 0 aliphatic carbocycles. The fourth-order valence-corrected chi connectivity index (χ4v) is 0. The van der Waals surface area contributed by atoms with E-state index < -0.39 is 0 Å². The van der Waals surface area contributed by atoms with Crippen LogP contribution in [0.5, 0.6) is 0 Å². The van der Waals surface area contributed by atoms with Crippen molar-refractivity contribution >= 4 is 68.7 Å². The Hall–Kier alpha value is 3.52. The summed E-state index contributed by atoms with van der Waals surface area (Å²) in [6.45, 7) is 0. The summed E-state index contributed by atoms with van der Waals surface area (Å²) in [7, 11) is 0. The standard InChI is InChI=1S/Al.K.Mo.Re.4H. The zero-order chi connectivity index (χ0) is 2.00. The summed E-state index contributed by atoms with van der Waals surface area (Å²) in [5.41, 5.74) is 0. The zero-order valence-electron chi connectivity index (χ0n) is 0.786. The molecule has 0 heterocycles. The molecule has 0 nitrogen and oxygen atoms in total. The van der Waals surface area contributed by atoms with Crippen molar-refractivity contribution in [3.63, 3.8) is 0 Å². The zero-order valence-corrected chi connectivity index (χ0v) is 5.51. The van der Waals surface area contributed by atoms with Gasteiger partial charge in [0.2, 0.25) is 0 Å². The van der Waals surface area contributed by atoms with E-state index in [1.807, 2.05) is 17.0 Å². The first-order chi connectivity index (χ1) is 1.00. The minimum absolute atomic E-state index is 0. The molecular weight excluding hydrogens is 348 g/mol. The van der Waals surface area contributed by atoms with Crippen LogP contribution in [0.2, 0.25) is 0 Å². The van der Waals surface area contributed by atoms with Crippen LogP contribution >= 0.6 is 0 Å². The molecule has 0 saturated carbocycles. The monoisotopic (exact) mass is 355 g/mol. The molecule has 0 radical (unpaired) electrons. The summed E-state index contributed by atoms with van der Waals surface area (Å²) in [6, 6.07) is 0. The Balaban J connectivity index is -0.00000000500. The van der Waals surface area contributed by atoms with Gasteiger partial charge in [0.1, 0.15) is 0 Å². The molecule has 0 aliphatic heterocycles. The van der Waals surface area contributed by atoms with Gasteiger partial charge in [-0.05, 0) is 0 Å². The fraction of sp³-hybridized carbons (Fsp3) is 0. The first-order valence-corrected chi connectivity index (χ1v) is 7.47. The van der Waals surface area contributed by atoms with Crippen molar-refractivity contribution in [3.05, 3.63) is 0 Å². The maximum absolute atomic E-state index is 2.01. The van der Waals surface area contributed by atoms with Gasteiger partial charge >= 0.3 is 84.6 Å². The quantitative estimate of drug-likeness (QED) is 0.450. The average Bonchev–Trinajstić information content (AvgIpc) is 1.00. The van der Waals surface area contributed by atoms with Crippen LogP contribution in [0.25, 0.3) is 0 Å². The Morgan fingerprint density at radius 3 is 1.25 bits per heavy atom. The van der Waals surface area contributed by atoms with Gasteiger partial charge in [0.15, 0.2) is 17.4 Å². The molecule has 0 fully saturated rings. The molecule has 0 spiro atoms. The van der Waals surface area contributed by atoms with Crippen LogP contribution in [0.3, 0.4) is 0 Å². The summed E-state index contributed by atoms with van der Waals surface area (Å²) in [5.74, 6) is 0. The van der Waals surface area contributed by atoms with E-state index in [0.717, 1.165) is 0 Å². The van der Waals surface area contributed by atoms with Gasteiger partial charge in [-0.25, -0.2) is 0 Å². The van der Waals surface area contributed by atoms with Gasteiger partial charge in [-0.3, -0.25) is 0 Å². The van der Waals surface area contributed by atoms with Gasteiger partial charge in [-0.15, -0.1) is 0 Å². The molecule has 0 aromatic heterocycles. The first-order valence-electron chi connectivity index (χ1n) is 0.154. The number of rotatable bonds is 0. The molecule has 0 rings (SSSR count). The van der Waals surface area contributed by atoms with E-state index in [4.69, 9.17) is 0 Å². The number of hydrogen-bond acceptors (Lipinski definition) is 0. The Morgan fingerprint density at radius 2 is 1.25 bits per heavy atom. The van der Waals surface area contributed by atoms with E-state index in [1.165, 1.54) is 0 Å². The summed E-state index contributed by atoms with van der Waals surface area (Å²) >= 11 is 3.74. The van der Waals surface area contributed by atoms with Gasteiger partial charge in [-0.1, -0.05) is 0 Å². The molecule has 0 atom stereocenters. The maximum atomic E-state index is 2.01. The van der Waals surface area contributed by atoms with Crippen molar-refractivity contribution in [2.75, 3.05) is 0 Å². The summed E-state index contributed by atoms with van der Waals surface area (Å²) in [4.78, 5) is 0. The van der Waals surface area contributed by atoms with Crippen LogP contribution in [0, 0.1) is 0 Å². The fourth-order valence-electron chi connectivity index (χ4n) is 0. The molecule has 0 aromatic carbocycles. The minimum atomic E-state index is 0. The van der Waals surface area contributed by atoms with Gasteiger partial charge in [0.05, 0.1) is 0 Å². The third-order valence-corrected chi connectivity index (χ3v) is 0. The SMILES string of the molecule is [AlH3].[KH].[Mo][Re]. The number of hydrogen-bond donors (Lipinski definition) is 0. The Kier molecular flexibility index (Phi) is 62.7. The molecule has 21 valence electrons. The first kappa shape index (κ1) is 15.6. The van der Waals surface area contributed by atoms with E-state index in [2.05, 4.69) is 0 Å². The van der Waals surface area contributed by atoms with Crippen molar-refractivity contribution in [3.8, 4) is 0 Å². The van der Waals surface area contributed by atoms with E-state index >= 15 is 0 Å². The van der Waals surface area contributed by atoms with Crippen molar-refractivity contribution in [1.82, 2.24) is 0 Å². The molecule has 4 heavy (non-hydrogen) atoms. The van der Waals surface area contributed by atoms with Crippen molar-refractivity contribution < 1.29 is 33.2 Å². The third kappa shape index (κ3) is 9.10. The second-order valence-corrected chi connectivity index (χ2v) is 0. The average molecular weight is 352 g/mol. The summed E-state index contributed by atoms with van der Waals surface area (Å²) in [5, 5.41) is 0. The van der Waals surface area contributed by atoms with E-state index in [1.54, 1.807) is 16.3 Å². The normalized spacial score (nSPS) is 1.25. The van der Waals surface area contributed by atoms with Crippen molar-refractivity contribution in [2.24, 2.45) is 0 Å². The van der Waals surface area contributed by atoms with E-state index in [9.17, 15) is 0 Å². The van der Waals surface area contributed by atoms with E-state index in [-0.39, 0.29) is 68.7 Å². The van der Waals surface area contributed by atoms with Crippen LogP contribution < -0.4 is 0 Å². The predicted molar refractivity (Wildman–Crippen MR) is 17.1 cm³/mol. The van der Waals surface area contributed by atoms with Gasteiger partial charge < -0.3 is 0 Å². The van der Waals surface area contributed by atoms with Crippen LogP contribution in [0.15, 0.2) is 0 Å². The predicted octanol–water partition coefficient (Wildman–Crippen LogP) is -1.84. The molecule has 4 heteroatoms. The molecule has 0 saturated heterocycles. The molecule has 0 N–H and O–H groups in total. The second kappa shape index (κ2) is 16.0. The van der Waals surface area contributed by atoms with Crippen LogP contribution in [0.1, 0.15) is 0 Å². The van der Waals surface area contributed by atoms with Crippen molar-refractivity contribution in [2.45, 2.75) is 0 Å². The molecular formula is H4AlKMoRe. The topological polar surface area (TPSA) is 0 Å². The van der Waals surface area contributed by atoms with Gasteiger partial charge in [-0.2, -0.15) is 0 Å². The van der Waals surface area contributed by atoms with Gasteiger partial charge in [0, 0.05) is 0 Å². The van der Waals surface area contributed by atoms with E-state index in [0.29, 0.717) is 0 Å². The summed E-state index contributed by atoms with van der Waals surface area (Å²) in [6.07, 6.45) is 0. The molecule has 0 bridgehead atoms. The van der Waals surface area contributed by atoms with Crippen LogP contribution in [-0.2, 0) is 33.2 Å². The van der Waals surface area contributed by atoms with Gasteiger partial charge in [0.25, 0.3) is 0 Å². The van der Waals surface area contributed by atoms with Crippen LogP contribution in [0.4, 0.5) is 0 Å². The van der Waals surface area contributed by atoms with Crippen molar-refractivity contribution in [1.29, 1.82) is 0 Å². The Labute approximate surface area is 99.1 Å². The Morgan fingerprint density at radius 1 is 1.25 bits per heavy atom. The molecule has 0 aromatic rings. The second-order valence-electron chi connectivity index (χ2n) is 0. The molecule has 0 amide bonds. The van der Waals surface area contributed by atoms with Crippen LogP contribution in [-0.4, -0.2) is 68.7 Å². The molecule has 0 unspecified atom stereocenters. The summed E-state index contributed by atoms with van der Waals surface area (Å²) < 4.78 is 0. The molecule has 0 aliphatic rings.